The molecule has 0 bridgehead atoms. The van der Waals surface area contributed by atoms with Gasteiger partial charge in [0.25, 0.3) is 5.91 Å². The Morgan fingerprint density at radius 3 is 2.28 bits per heavy atom. The van der Waals surface area contributed by atoms with Gasteiger partial charge in [0, 0.05) is 19.2 Å². The van der Waals surface area contributed by atoms with E-state index in [-0.39, 0.29) is 12.5 Å². The van der Waals surface area contributed by atoms with Crippen molar-refractivity contribution >= 4 is 17.8 Å². The third-order valence-electron chi connectivity index (χ3n) is 2.24. The predicted octanol–water partition coefficient (Wildman–Crippen LogP) is 0.137. The molecule has 2 amide bonds. The quantitative estimate of drug-likeness (QED) is 0.647. The molecule has 1 rings (SSSR count). The van der Waals surface area contributed by atoms with Gasteiger partial charge in [-0.25, -0.2) is 0 Å². The number of carboxylic acid groups (broad SMARTS) is 1. The van der Waals surface area contributed by atoms with Crippen LogP contribution in [0.15, 0.2) is 24.3 Å². The molecule has 6 heteroatoms. The number of carbonyl (C=O) groups is 3. The van der Waals surface area contributed by atoms with E-state index in [1.165, 1.54) is 0 Å². The molecule has 0 saturated carbocycles. The number of carbonyl (C=O) groups excluding carboxylic acids is 2. The van der Waals surface area contributed by atoms with Crippen molar-refractivity contribution in [3.05, 3.63) is 35.4 Å². The summed E-state index contributed by atoms with van der Waals surface area (Å²) in [7, 11) is 1.54. The van der Waals surface area contributed by atoms with Gasteiger partial charge in [-0.2, -0.15) is 0 Å². The minimum absolute atomic E-state index is 0.184. The molecule has 1 aromatic rings. The number of benzene rings is 1. The first-order valence-corrected chi connectivity index (χ1v) is 5.32. The fraction of sp³-hybridized carbons (Fsp3) is 0.250. The van der Waals surface area contributed by atoms with Gasteiger partial charge in [-0.1, -0.05) is 12.1 Å². The molecule has 96 valence electrons. The topological polar surface area (TPSA) is 95.5 Å². The Kier molecular flexibility index (Phi) is 4.86. The molecule has 0 radical (unpaired) electrons. The van der Waals surface area contributed by atoms with E-state index in [4.69, 9.17) is 5.11 Å². The van der Waals surface area contributed by atoms with Crippen molar-refractivity contribution in [1.29, 1.82) is 0 Å². The number of rotatable bonds is 5. The van der Waals surface area contributed by atoms with Gasteiger partial charge in [0.15, 0.2) is 0 Å². The highest BCUT2D eigenvalue weighted by Gasteiger charge is 2.07. The van der Waals surface area contributed by atoms with Crippen molar-refractivity contribution in [2.45, 2.75) is 13.0 Å². The molecule has 0 saturated heterocycles. The number of hydrogen-bond acceptors (Lipinski definition) is 3. The first-order valence-electron chi connectivity index (χ1n) is 5.32. The second-order valence-electron chi connectivity index (χ2n) is 3.62. The summed E-state index contributed by atoms with van der Waals surface area (Å²) >= 11 is 0. The zero-order valence-corrected chi connectivity index (χ0v) is 9.90. The van der Waals surface area contributed by atoms with E-state index in [9.17, 15) is 14.4 Å². The minimum atomic E-state index is -1.16. The van der Waals surface area contributed by atoms with Gasteiger partial charge in [-0.05, 0) is 17.7 Å². The highest BCUT2D eigenvalue weighted by molar-refractivity contribution is 5.94. The van der Waals surface area contributed by atoms with Crippen molar-refractivity contribution in [2.75, 3.05) is 7.05 Å². The Morgan fingerprint density at radius 1 is 1.17 bits per heavy atom. The van der Waals surface area contributed by atoms with Gasteiger partial charge >= 0.3 is 5.97 Å². The maximum absolute atomic E-state index is 11.3. The average Bonchev–Trinajstić information content (AvgIpc) is 2.35. The molecule has 6 nitrogen and oxygen atoms in total. The van der Waals surface area contributed by atoms with Crippen LogP contribution in [0.4, 0.5) is 0 Å². The molecule has 0 heterocycles. The lowest BCUT2D eigenvalue weighted by molar-refractivity contribution is -0.140. The van der Waals surface area contributed by atoms with Gasteiger partial charge in [0.2, 0.25) is 5.91 Å². The smallest absolute Gasteiger partial charge is 0.312 e. The van der Waals surface area contributed by atoms with Gasteiger partial charge in [-0.15, -0.1) is 0 Å². The zero-order valence-electron chi connectivity index (χ0n) is 9.90. The van der Waals surface area contributed by atoms with Crippen LogP contribution in [0.3, 0.4) is 0 Å². The molecule has 0 spiro atoms. The normalized spacial score (nSPS) is 9.61. The van der Waals surface area contributed by atoms with Crippen LogP contribution in [0.5, 0.6) is 0 Å². The summed E-state index contributed by atoms with van der Waals surface area (Å²) in [5.74, 6) is -1.89. The standard InChI is InChI=1S/C12H14N2O4/c1-13-12(18)9-4-2-8(3-5-9)7-14-10(15)6-11(16)17/h2-5H,6-7H2,1H3,(H,13,18)(H,14,15)(H,16,17). The van der Waals surface area contributed by atoms with Crippen molar-refractivity contribution in [3.63, 3.8) is 0 Å². The number of hydrogen-bond donors (Lipinski definition) is 3. The summed E-state index contributed by atoms with van der Waals surface area (Å²) in [5.41, 5.74) is 1.32. The summed E-state index contributed by atoms with van der Waals surface area (Å²) in [6.07, 6.45) is -0.545. The SMILES string of the molecule is CNC(=O)c1ccc(CNC(=O)CC(=O)O)cc1. The monoisotopic (exact) mass is 250 g/mol. The third-order valence-corrected chi connectivity index (χ3v) is 2.24. The molecular weight excluding hydrogens is 236 g/mol. The lowest BCUT2D eigenvalue weighted by Crippen LogP contribution is -2.25. The average molecular weight is 250 g/mol. The van der Waals surface area contributed by atoms with E-state index in [2.05, 4.69) is 10.6 Å². The Hall–Kier alpha value is -2.37. The van der Waals surface area contributed by atoms with Crippen LogP contribution in [0.2, 0.25) is 0 Å². The summed E-state index contributed by atoms with van der Waals surface area (Å²) in [4.78, 5) is 32.6. The fourth-order valence-corrected chi connectivity index (χ4v) is 1.32. The number of nitrogens with one attached hydrogen (secondary N) is 2. The largest absolute Gasteiger partial charge is 0.481 e. The van der Waals surface area contributed by atoms with E-state index in [0.29, 0.717) is 5.56 Å². The summed E-state index contributed by atoms with van der Waals surface area (Å²) in [6, 6.07) is 6.67. The first-order chi connectivity index (χ1) is 8.52. The van der Waals surface area contributed by atoms with Crippen molar-refractivity contribution in [3.8, 4) is 0 Å². The van der Waals surface area contributed by atoms with Crippen LogP contribution in [0.1, 0.15) is 22.3 Å². The minimum Gasteiger partial charge on any atom is -0.481 e. The Bertz CT molecular complexity index is 454. The number of amides is 2. The van der Waals surface area contributed by atoms with Gasteiger partial charge < -0.3 is 15.7 Å². The molecule has 1 aromatic carbocycles. The maximum Gasteiger partial charge on any atom is 0.312 e. The van der Waals surface area contributed by atoms with E-state index in [1.54, 1.807) is 31.3 Å². The van der Waals surface area contributed by atoms with Gasteiger partial charge in [-0.3, -0.25) is 14.4 Å². The molecule has 0 aliphatic heterocycles. The fourth-order valence-electron chi connectivity index (χ4n) is 1.32. The first kappa shape index (κ1) is 13.7. The number of aliphatic carboxylic acids is 1. The highest BCUT2D eigenvalue weighted by Crippen LogP contribution is 2.04. The molecular formula is C12H14N2O4. The molecule has 18 heavy (non-hydrogen) atoms. The van der Waals surface area contributed by atoms with Crippen LogP contribution in [-0.4, -0.2) is 29.9 Å². The molecule has 0 fully saturated rings. The van der Waals surface area contributed by atoms with Crippen molar-refractivity contribution in [2.24, 2.45) is 0 Å². The highest BCUT2D eigenvalue weighted by atomic mass is 16.4. The van der Waals surface area contributed by atoms with E-state index < -0.39 is 18.3 Å². The second-order valence-corrected chi connectivity index (χ2v) is 3.62. The van der Waals surface area contributed by atoms with E-state index in [1.807, 2.05) is 0 Å². The van der Waals surface area contributed by atoms with Crippen molar-refractivity contribution in [1.82, 2.24) is 10.6 Å². The second kappa shape index (κ2) is 6.39. The van der Waals surface area contributed by atoms with Crippen LogP contribution in [-0.2, 0) is 16.1 Å². The van der Waals surface area contributed by atoms with Crippen LogP contribution in [0, 0.1) is 0 Å². The molecule has 0 aliphatic rings. The number of carboxylic acids is 1. The van der Waals surface area contributed by atoms with E-state index in [0.717, 1.165) is 5.56 Å². The third kappa shape index (κ3) is 4.25. The van der Waals surface area contributed by atoms with Crippen molar-refractivity contribution < 1.29 is 19.5 Å². The van der Waals surface area contributed by atoms with E-state index >= 15 is 0 Å². The summed E-state index contributed by atoms with van der Waals surface area (Å²) in [6.45, 7) is 0.236. The van der Waals surface area contributed by atoms with Gasteiger partial charge in [0.1, 0.15) is 6.42 Å². The Balaban J connectivity index is 2.51. The zero-order chi connectivity index (χ0) is 13.5. The lowest BCUT2D eigenvalue weighted by atomic mass is 10.1. The summed E-state index contributed by atoms with van der Waals surface area (Å²) < 4.78 is 0. The molecule has 0 unspecified atom stereocenters. The maximum atomic E-state index is 11.3. The summed E-state index contributed by atoms with van der Waals surface area (Å²) in [5, 5.41) is 13.4. The molecule has 0 atom stereocenters. The Labute approximate surface area is 104 Å². The Morgan fingerprint density at radius 2 is 1.78 bits per heavy atom. The molecule has 0 aliphatic carbocycles. The van der Waals surface area contributed by atoms with Crippen LogP contribution in [0.25, 0.3) is 0 Å². The van der Waals surface area contributed by atoms with Crippen LogP contribution >= 0.6 is 0 Å². The lowest BCUT2D eigenvalue weighted by Gasteiger charge is -2.05. The van der Waals surface area contributed by atoms with Crippen LogP contribution < -0.4 is 10.6 Å². The molecule has 0 aromatic heterocycles. The predicted molar refractivity (Wildman–Crippen MR) is 63.9 cm³/mol. The van der Waals surface area contributed by atoms with Gasteiger partial charge in [0.05, 0.1) is 0 Å². The molecule has 3 N–H and O–H groups in total.